The number of ketones is 1. The van der Waals surface area contributed by atoms with Crippen LogP contribution < -0.4 is 5.32 Å². The Morgan fingerprint density at radius 2 is 1.48 bits per heavy atom. The number of hydrogen-bond acceptors (Lipinski definition) is 3. The zero-order chi connectivity index (χ0) is 20.1. The van der Waals surface area contributed by atoms with Gasteiger partial charge in [0.25, 0.3) is 5.91 Å². The largest absolute Gasteiger partial charge is 0.324 e. The molecule has 1 N–H and O–H groups in total. The average molecular weight is 381 g/mol. The molecular weight excluding hydrogens is 362 g/mol. The quantitative estimate of drug-likeness (QED) is 0.505. The van der Waals surface area contributed by atoms with Crippen molar-refractivity contribution in [3.8, 4) is 0 Å². The van der Waals surface area contributed by atoms with E-state index in [2.05, 4.69) is 10.4 Å². The summed E-state index contributed by atoms with van der Waals surface area (Å²) in [7, 11) is 0. The topological polar surface area (TPSA) is 64.0 Å². The normalized spacial score (nSPS) is 11.6. The molecule has 0 radical (unpaired) electrons. The Hall–Kier alpha value is -3.99. The Labute approximate surface area is 168 Å². The molecule has 5 heteroatoms. The van der Waals surface area contributed by atoms with Crippen molar-refractivity contribution in [2.24, 2.45) is 0 Å². The molecule has 0 fully saturated rings. The van der Waals surface area contributed by atoms with Crippen LogP contribution in [0.2, 0.25) is 0 Å². The summed E-state index contributed by atoms with van der Waals surface area (Å²) in [5.74, 6) is -0.322. The van der Waals surface area contributed by atoms with Gasteiger partial charge in [-0.25, -0.2) is 0 Å². The Kier molecular flexibility index (Phi) is 5.29. The highest BCUT2D eigenvalue weighted by molar-refractivity contribution is 6.09. The Balaban J connectivity index is 1.60. The number of carbonyl (C=O) groups excluding carboxylic acids is 2. The second-order valence-corrected chi connectivity index (χ2v) is 6.56. The van der Waals surface area contributed by atoms with Gasteiger partial charge in [-0.1, -0.05) is 72.8 Å². The lowest BCUT2D eigenvalue weighted by Gasteiger charge is -2.18. The van der Waals surface area contributed by atoms with Gasteiger partial charge in [0.1, 0.15) is 0 Å². The SMILES string of the molecule is O=C(c1ccccc1)c1cccc(NC(=O)C(c2ccccc2)n2cccn2)c1. The van der Waals surface area contributed by atoms with E-state index in [0.29, 0.717) is 16.8 Å². The molecule has 3 aromatic carbocycles. The molecule has 1 aromatic heterocycles. The molecule has 0 bridgehead atoms. The van der Waals surface area contributed by atoms with Crippen LogP contribution in [0, 0.1) is 0 Å². The van der Waals surface area contributed by atoms with Crippen LogP contribution in [-0.2, 0) is 4.79 Å². The lowest BCUT2D eigenvalue weighted by Crippen LogP contribution is -2.27. The minimum Gasteiger partial charge on any atom is -0.324 e. The first kappa shape index (κ1) is 18.4. The maximum absolute atomic E-state index is 13.1. The molecule has 0 aliphatic heterocycles. The molecule has 0 saturated heterocycles. The van der Waals surface area contributed by atoms with Crippen molar-refractivity contribution in [2.75, 3.05) is 5.32 Å². The molecule has 0 aliphatic rings. The number of carbonyl (C=O) groups is 2. The number of nitrogens with one attached hydrogen (secondary N) is 1. The standard InChI is InChI=1S/C24H19N3O2/c28-23(19-11-5-2-6-12-19)20-13-7-14-21(17-20)26-24(29)22(27-16-8-15-25-27)18-9-3-1-4-10-18/h1-17,22H,(H,26,29). The molecule has 0 aliphatic carbocycles. The Morgan fingerprint density at radius 1 is 0.793 bits per heavy atom. The van der Waals surface area contributed by atoms with Crippen LogP contribution in [0.15, 0.2) is 103 Å². The zero-order valence-corrected chi connectivity index (χ0v) is 15.6. The summed E-state index contributed by atoms with van der Waals surface area (Å²) in [5, 5.41) is 7.17. The van der Waals surface area contributed by atoms with Crippen LogP contribution in [0.3, 0.4) is 0 Å². The lowest BCUT2D eigenvalue weighted by molar-refractivity contribution is -0.118. The third kappa shape index (κ3) is 4.14. The van der Waals surface area contributed by atoms with Crippen LogP contribution in [0.5, 0.6) is 0 Å². The minimum absolute atomic E-state index is 0.0895. The third-order valence-corrected chi connectivity index (χ3v) is 4.58. The molecule has 1 unspecified atom stereocenters. The fourth-order valence-electron chi connectivity index (χ4n) is 3.20. The maximum atomic E-state index is 13.1. The average Bonchev–Trinajstić information content (AvgIpc) is 3.29. The molecule has 1 atom stereocenters. The number of amides is 1. The first-order valence-corrected chi connectivity index (χ1v) is 9.27. The van der Waals surface area contributed by atoms with Crippen molar-refractivity contribution in [3.05, 3.63) is 120 Å². The summed E-state index contributed by atoms with van der Waals surface area (Å²) < 4.78 is 1.61. The summed E-state index contributed by atoms with van der Waals surface area (Å²) in [5.41, 5.74) is 2.51. The summed E-state index contributed by atoms with van der Waals surface area (Å²) in [6, 6.07) is 26.7. The monoisotopic (exact) mass is 381 g/mol. The van der Waals surface area contributed by atoms with E-state index in [1.165, 1.54) is 0 Å². The van der Waals surface area contributed by atoms with Crippen molar-refractivity contribution in [1.82, 2.24) is 9.78 Å². The molecule has 0 saturated carbocycles. The van der Waals surface area contributed by atoms with E-state index in [1.54, 1.807) is 59.5 Å². The molecule has 5 nitrogen and oxygen atoms in total. The molecule has 29 heavy (non-hydrogen) atoms. The van der Waals surface area contributed by atoms with Gasteiger partial charge in [0.2, 0.25) is 0 Å². The number of aromatic nitrogens is 2. The van der Waals surface area contributed by atoms with Gasteiger partial charge in [-0.05, 0) is 23.8 Å². The van der Waals surface area contributed by atoms with Crippen LogP contribution in [0.25, 0.3) is 0 Å². The van der Waals surface area contributed by atoms with Gasteiger partial charge in [0.05, 0.1) is 0 Å². The molecule has 4 aromatic rings. The molecule has 0 spiro atoms. The maximum Gasteiger partial charge on any atom is 0.253 e. The van der Waals surface area contributed by atoms with Crippen molar-refractivity contribution < 1.29 is 9.59 Å². The first-order chi connectivity index (χ1) is 14.2. The summed E-state index contributed by atoms with van der Waals surface area (Å²) >= 11 is 0. The number of hydrogen-bond donors (Lipinski definition) is 1. The van der Waals surface area contributed by atoms with Crippen LogP contribution >= 0.6 is 0 Å². The Bertz CT molecular complexity index is 1110. The molecule has 1 heterocycles. The summed E-state index contributed by atoms with van der Waals surface area (Å²) in [6.07, 6.45) is 3.40. The van der Waals surface area contributed by atoms with E-state index < -0.39 is 6.04 Å². The smallest absolute Gasteiger partial charge is 0.253 e. The van der Waals surface area contributed by atoms with Gasteiger partial charge in [0.15, 0.2) is 11.8 Å². The first-order valence-electron chi connectivity index (χ1n) is 9.27. The lowest BCUT2D eigenvalue weighted by atomic mass is 10.0. The van der Waals surface area contributed by atoms with Crippen molar-refractivity contribution >= 4 is 17.4 Å². The fourth-order valence-corrected chi connectivity index (χ4v) is 3.20. The number of rotatable bonds is 6. The summed E-state index contributed by atoms with van der Waals surface area (Å²) in [4.78, 5) is 25.8. The van der Waals surface area contributed by atoms with E-state index in [-0.39, 0.29) is 11.7 Å². The highest BCUT2D eigenvalue weighted by atomic mass is 16.2. The van der Waals surface area contributed by atoms with Gasteiger partial charge < -0.3 is 5.32 Å². The van der Waals surface area contributed by atoms with E-state index in [0.717, 1.165) is 5.56 Å². The predicted molar refractivity (Wildman–Crippen MR) is 112 cm³/mol. The second kappa shape index (κ2) is 8.35. The third-order valence-electron chi connectivity index (χ3n) is 4.58. The van der Waals surface area contributed by atoms with E-state index in [1.807, 2.05) is 48.5 Å². The zero-order valence-electron chi connectivity index (χ0n) is 15.6. The van der Waals surface area contributed by atoms with E-state index in [9.17, 15) is 9.59 Å². The Morgan fingerprint density at radius 3 is 2.17 bits per heavy atom. The molecule has 1 amide bonds. The van der Waals surface area contributed by atoms with Crippen LogP contribution in [0.4, 0.5) is 5.69 Å². The highest BCUT2D eigenvalue weighted by Crippen LogP contribution is 2.21. The van der Waals surface area contributed by atoms with Gasteiger partial charge in [-0.2, -0.15) is 5.10 Å². The van der Waals surface area contributed by atoms with Gasteiger partial charge in [-0.3, -0.25) is 14.3 Å². The molecular formula is C24H19N3O2. The van der Waals surface area contributed by atoms with Crippen LogP contribution in [0.1, 0.15) is 27.5 Å². The fraction of sp³-hybridized carbons (Fsp3) is 0.0417. The number of benzene rings is 3. The summed E-state index contributed by atoms with van der Waals surface area (Å²) in [6.45, 7) is 0. The van der Waals surface area contributed by atoms with Gasteiger partial charge >= 0.3 is 0 Å². The van der Waals surface area contributed by atoms with Crippen molar-refractivity contribution in [1.29, 1.82) is 0 Å². The van der Waals surface area contributed by atoms with Crippen molar-refractivity contribution in [3.63, 3.8) is 0 Å². The van der Waals surface area contributed by atoms with Crippen LogP contribution in [-0.4, -0.2) is 21.5 Å². The molecule has 4 rings (SSSR count). The number of nitrogens with zero attached hydrogens (tertiary/aromatic N) is 2. The van der Waals surface area contributed by atoms with E-state index >= 15 is 0 Å². The van der Waals surface area contributed by atoms with Gasteiger partial charge in [-0.15, -0.1) is 0 Å². The van der Waals surface area contributed by atoms with Crippen molar-refractivity contribution in [2.45, 2.75) is 6.04 Å². The number of anilines is 1. The second-order valence-electron chi connectivity index (χ2n) is 6.56. The van der Waals surface area contributed by atoms with Gasteiger partial charge in [0, 0.05) is 29.2 Å². The predicted octanol–water partition coefficient (Wildman–Crippen LogP) is 4.34. The minimum atomic E-state index is -0.611. The molecule has 142 valence electrons. The van der Waals surface area contributed by atoms with E-state index in [4.69, 9.17) is 0 Å². The highest BCUT2D eigenvalue weighted by Gasteiger charge is 2.23.